The molecule has 7 nitrogen and oxygen atoms in total. The second-order valence-corrected chi connectivity index (χ2v) is 10.5. The van der Waals surface area contributed by atoms with Crippen LogP contribution in [-0.2, 0) is 0 Å². The van der Waals surface area contributed by atoms with E-state index in [1.807, 2.05) is 38.1 Å². The number of likely N-dealkylation sites (tertiary alicyclic amines) is 1. The Hall–Kier alpha value is -3.68. The molecule has 196 valence electrons. The molecule has 6 rings (SSSR count). The molecule has 0 saturated carbocycles. The third-order valence-electron chi connectivity index (χ3n) is 7.40. The van der Waals surface area contributed by atoms with Gasteiger partial charge < -0.3 is 23.6 Å². The predicted octanol–water partition coefficient (Wildman–Crippen LogP) is 6.38. The summed E-state index contributed by atoms with van der Waals surface area (Å²) in [4.78, 5) is 2.34. The quantitative estimate of drug-likeness (QED) is 0.259. The van der Waals surface area contributed by atoms with Gasteiger partial charge >= 0.3 is 0 Å². The van der Waals surface area contributed by atoms with Crippen molar-refractivity contribution in [3.8, 4) is 17.4 Å². The molecule has 0 aliphatic carbocycles. The molecular formula is C31H33N3O4. The second kappa shape index (κ2) is 10.6. The maximum Gasteiger partial charge on any atom is 0.283 e. The Kier molecular flexibility index (Phi) is 6.87. The number of hydrogen-bond acceptors (Lipinski definition) is 7. The topological polar surface area (TPSA) is 84.8 Å². The molecule has 38 heavy (non-hydrogen) atoms. The first-order chi connectivity index (χ1) is 18.5. The number of ether oxygens (including phenoxy) is 1. The number of fused-ring (bicyclic) bond motifs is 2. The Morgan fingerprint density at radius 3 is 2.55 bits per heavy atom. The third-order valence-corrected chi connectivity index (χ3v) is 7.40. The summed E-state index contributed by atoms with van der Waals surface area (Å²) < 4.78 is 17.7. The Labute approximate surface area is 222 Å². The molecule has 1 aliphatic heterocycles. The Bertz CT molecular complexity index is 1530. The van der Waals surface area contributed by atoms with Crippen LogP contribution in [0, 0.1) is 0 Å². The second-order valence-electron chi connectivity index (χ2n) is 10.5. The molecule has 0 spiro atoms. The summed E-state index contributed by atoms with van der Waals surface area (Å²) in [6.45, 7) is 6.75. The van der Waals surface area contributed by atoms with Gasteiger partial charge in [0.1, 0.15) is 24.0 Å². The highest BCUT2D eigenvalue weighted by Crippen LogP contribution is 2.34. The Morgan fingerprint density at radius 1 is 0.947 bits per heavy atom. The average Bonchev–Trinajstić information content (AvgIpc) is 3.60. The maximum atomic E-state index is 10.8. The van der Waals surface area contributed by atoms with Crippen molar-refractivity contribution in [1.82, 2.24) is 15.1 Å². The van der Waals surface area contributed by atoms with Crippen molar-refractivity contribution in [2.45, 2.75) is 44.6 Å². The first-order valence-electron chi connectivity index (χ1n) is 13.4. The minimum Gasteiger partial charge on any atom is -0.490 e. The first kappa shape index (κ1) is 24.6. The van der Waals surface area contributed by atoms with Gasteiger partial charge in [0.2, 0.25) is 5.89 Å². The lowest BCUT2D eigenvalue weighted by molar-refractivity contribution is 0.0599. The average molecular weight is 512 g/mol. The normalized spacial score (nSPS) is 16.0. The van der Waals surface area contributed by atoms with Crippen molar-refractivity contribution >= 4 is 21.7 Å². The molecule has 1 fully saturated rings. The van der Waals surface area contributed by atoms with Gasteiger partial charge in [0.15, 0.2) is 5.76 Å². The van der Waals surface area contributed by atoms with Gasteiger partial charge in [0.05, 0.1) is 5.39 Å². The van der Waals surface area contributed by atoms with Crippen LogP contribution in [0.5, 0.6) is 5.75 Å². The lowest BCUT2D eigenvalue weighted by Crippen LogP contribution is -2.40. The van der Waals surface area contributed by atoms with Crippen LogP contribution in [0.25, 0.3) is 33.4 Å². The molecule has 1 N–H and O–H groups in total. The van der Waals surface area contributed by atoms with Crippen LogP contribution in [-0.4, -0.2) is 52.5 Å². The van der Waals surface area contributed by atoms with Crippen LogP contribution < -0.4 is 4.74 Å². The molecule has 3 heterocycles. The van der Waals surface area contributed by atoms with Gasteiger partial charge in [0.25, 0.3) is 5.89 Å². The van der Waals surface area contributed by atoms with Crippen LogP contribution in [0.2, 0.25) is 0 Å². The molecule has 0 amide bonds. The van der Waals surface area contributed by atoms with E-state index in [0.717, 1.165) is 31.3 Å². The van der Waals surface area contributed by atoms with Crippen LogP contribution in [0.15, 0.2) is 75.6 Å². The molecule has 0 bridgehead atoms. The fourth-order valence-electron chi connectivity index (χ4n) is 5.28. The zero-order chi connectivity index (χ0) is 26.1. The summed E-state index contributed by atoms with van der Waals surface area (Å²) in [7, 11) is 0. The molecule has 0 radical (unpaired) electrons. The first-order valence-corrected chi connectivity index (χ1v) is 13.4. The van der Waals surface area contributed by atoms with Crippen molar-refractivity contribution in [2.75, 3.05) is 26.2 Å². The Morgan fingerprint density at radius 2 is 1.76 bits per heavy atom. The zero-order valence-corrected chi connectivity index (χ0v) is 21.8. The SMILES string of the molecule is CC(C)c1nnc(-c2cc3c(OCC(O)CN4CCC(c5ccc6ccccc6c5)CC4)cccc3o2)o1. The predicted molar refractivity (Wildman–Crippen MR) is 147 cm³/mol. The summed E-state index contributed by atoms with van der Waals surface area (Å²) in [6.07, 6.45) is 1.60. The molecule has 1 aliphatic rings. The number of aliphatic hydroxyl groups excluding tert-OH is 1. The van der Waals surface area contributed by atoms with Gasteiger partial charge in [-0.3, -0.25) is 0 Å². The van der Waals surface area contributed by atoms with E-state index in [-0.39, 0.29) is 12.5 Å². The third kappa shape index (κ3) is 5.17. The number of rotatable bonds is 8. The van der Waals surface area contributed by atoms with Gasteiger partial charge in [-0.15, -0.1) is 10.2 Å². The van der Waals surface area contributed by atoms with Crippen molar-refractivity contribution < 1.29 is 18.7 Å². The van der Waals surface area contributed by atoms with Crippen molar-refractivity contribution in [2.24, 2.45) is 0 Å². The van der Waals surface area contributed by atoms with E-state index in [1.165, 1.54) is 16.3 Å². The van der Waals surface area contributed by atoms with Crippen LogP contribution in [0.4, 0.5) is 0 Å². The standard InChI is InChI=1S/C31H33N3O4/c1-20(2)30-32-33-31(38-30)29-17-26-27(8-5-9-28(26)37-29)36-19-25(35)18-34-14-12-22(13-15-34)24-11-10-21-6-3-4-7-23(21)16-24/h3-11,16-17,20,22,25,35H,12-15,18-19H2,1-2H3. The largest absolute Gasteiger partial charge is 0.490 e. The van der Waals surface area contributed by atoms with Crippen LogP contribution in [0.1, 0.15) is 50.0 Å². The van der Waals surface area contributed by atoms with E-state index >= 15 is 0 Å². The van der Waals surface area contributed by atoms with Gasteiger partial charge in [0, 0.05) is 18.5 Å². The van der Waals surface area contributed by atoms with E-state index < -0.39 is 6.10 Å². The maximum absolute atomic E-state index is 10.8. The summed E-state index contributed by atoms with van der Waals surface area (Å²) >= 11 is 0. The minimum absolute atomic E-state index is 0.144. The molecule has 3 aromatic carbocycles. The highest BCUT2D eigenvalue weighted by molar-refractivity contribution is 5.87. The van der Waals surface area contributed by atoms with Crippen molar-refractivity contribution in [3.05, 3.63) is 78.2 Å². The van der Waals surface area contributed by atoms with Crippen molar-refractivity contribution in [1.29, 1.82) is 0 Å². The summed E-state index contributed by atoms with van der Waals surface area (Å²) in [5, 5.41) is 22.4. The van der Waals surface area contributed by atoms with Crippen molar-refractivity contribution in [3.63, 3.8) is 0 Å². The van der Waals surface area contributed by atoms with E-state index in [2.05, 4.69) is 57.6 Å². The minimum atomic E-state index is -0.585. The number of β-amino-alcohol motifs (C(OH)–C–C–N with tert-alkyl or cyclic N) is 1. The number of hydrogen-bond donors (Lipinski definition) is 1. The molecule has 2 aromatic heterocycles. The van der Waals surface area contributed by atoms with Gasteiger partial charge in [-0.25, -0.2) is 0 Å². The molecule has 7 heteroatoms. The van der Waals surface area contributed by atoms with E-state index in [0.29, 0.717) is 41.3 Å². The molecule has 1 saturated heterocycles. The number of aromatic nitrogens is 2. The summed E-state index contributed by atoms with van der Waals surface area (Å²) in [5.41, 5.74) is 2.09. The fourth-order valence-corrected chi connectivity index (χ4v) is 5.28. The number of aliphatic hydroxyl groups is 1. The number of piperidine rings is 1. The van der Waals surface area contributed by atoms with E-state index in [9.17, 15) is 5.11 Å². The highest BCUT2D eigenvalue weighted by atomic mass is 16.5. The van der Waals surface area contributed by atoms with Gasteiger partial charge in [-0.1, -0.05) is 62.4 Å². The summed E-state index contributed by atoms with van der Waals surface area (Å²) in [6, 6.07) is 22.9. The monoisotopic (exact) mass is 511 g/mol. The molecular weight excluding hydrogens is 478 g/mol. The summed E-state index contributed by atoms with van der Waals surface area (Å²) in [5.74, 6) is 2.79. The lowest BCUT2D eigenvalue weighted by atomic mass is 9.88. The number of nitrogens with zero attached hydrogens (tertiary/aromatic N) is 3. The number of benzene rings is 3. The Balaban J connectivity index is 1.04. The van der Waals surface area contributed by atoms with Gasteiger partial charge in [-0.2, -0.15) is 0 Å². The van der Waals surface area contributed by atoms with E-state index in [1.54, 1.807) is 0 Å². The van der Waals surface area contributed by atoms with E-state index in [4.69, 9.17) is 13.6 Å². The van der Waals surface area contributed by atoms with Crippen LogP contribution in [0.3, 0.4) is 0 Å². The van der Waals surface area contributed by atoms with Crippen LogP contribution >= 0.6 is 0 Å². The smallest absolute Gasteiger partial charge is 0.283 e. The molecule has 1 atom stereocenters. The highest BCUT2D eigenvalue weighted by Gasteiger charge is 2.23. The zero-order valence-electron chi connectivity index (χ0n) is 21.8. The molecule has 1 unspecified atom stereocenters. The van der Waals surface area contributed by atoms with Gasteiger partial charge in [-0.05, 0) is 60.3 Å². The molecule has 5 aromatic rings. The number of furan rings is 1. The fraction of sp³-hybridized carbons (Fsp3) is 0.355. The lowest BCUT2D eigenvalue weighted by Gasteiger charge is -2.33.